The maximum Gasteiger partial charge on any atom is 0.232 e. The van der Waals surface area contributed by atoms with Crippen LogP contribution in [0.1, 0.15) is 12.8 Å². The number of piperazine rings is 1. The highest BCUT2D eigenvalue weighted by molar-refractivity contribution is 7.92. The molecule has 1 saturated heterocycles. The summed E-state index contributed by atoms with van der Waals surface area (Å²) >= 11 is 0. The molecule has 2 aromatic rings. The van der Waals surface area contributed by atoms with Gasteiger partial charge in [-0.15, -0.1) is 0 Å². The van der Waals surface area contributed by atoms with Gasteiger partial charge in [0.05, 0.1) is 31.9 Å². The van der Waals surface area contributed by atoms with Crippen molar-refractivity contribution >= 4 is 27.3 Å². The van der Waals surface area contributed by atoms with E-state index in [0.29, 0.717) is 37.4 Å². The Morgan fingerprint density at radius 2 is 1.62 bits per heavy atom. The van der Waals surface area contributed by atoms with Gasteiger partial charge >= 0.3 is 0 Å². The van der Waals surface area contributed by atoms with Crippen LogP contribution in [-0.4, -0.2) is 72.4 Å². The van der Waals surface area contributed by atoms with Gasteiger partial charge in [-0.25, -0.2) is 8.42 Å². The van der Waals surface area contributed by atoms with Gasteiger partial charge < -0.3 is 19.3 Å². The number of sulfonamides is 1. The number of benzene rings is 2. The van der Waals surface area contributed by atoms with Crippen molar-refractivity contribution in [2.24, 2.45) is 0 Å². The van der Waals surface area contributed by atoms with Gasteiger partial charge in [0.2, 0.25) is 15.9 Å². The monoisotopic (exact) mass is 461 g/mol. The Morgan fingerprint density at radius 3 is 2.22 bits per heavy atom. The molecule has 0 bridgehead atoms. The minimum atomic E-state index is -3.46. The summed E-state index contributed by atoms with van der Waals surface area (Å²) in [6.45, 7) is 2.97. The molecule has 9 heteroatoms. The van der Waals surface area contributed by atoms with Crippen LogP contribution in [0.25, 0.3) is 0 Å². The molecule has 0 radical (unpaired) electrons. The van der Waals surface area contributed by atoms with E-state index in [4.69, 9.17) is 9.47 Å². The molecule has 1 aliphatic heterocycles. The first-order valence-electron chi connectivity index (χ1n) is 10.6. The van der Waals surface area contributed by atoms with Crippen LogP contribution in [0.5, 0.6) is 11.5 Å². The zero-order valence-corrected chi connectivity index (χ0v) is 19.7. The first kappa shape index (κ1) is 23.7. The van der Waals surface area contributed by atoms with Crippen LogP contribution >= 0.6 is 0 Å². The maximum atomic E-state index is 12.7. The number of amides is 1. The summed E-state index contributed by atoms with van der Waals surface area (Å²) in [5.41, 5.74) is 1.59. The Kier molecular flexibility index (Phi) is 7.84. The summed E-state index contributed by atoms with van der Waals surface area (Å²) in [4.78, 5) is 16.8. The predicted molar refractivity (Wildman–Crippen MR) is 126 cm³/mol. The van der Waals surface area contributed by atoms with E-state index in [-0.39, 0.29) is 12.5 Å². The van der Waals surface area contributed by atoms with Gasteiger partial charge in [-0.1, -0.05) is 12.1 Å². The van der Waals surface area contributed by atoms with Crippen molar-refractivity contribution in [1.29, 1.82) is 0 Å². The lowest BCUT2D eigenvalue weighted by atomic mass is 10.2. The molecule has 3 rings (SSSR count). The third-order valence-corrected chi connectivity index (χ3v) is 6.76. The van der Waals surface area contributed by atoms with E-state index in [1.54, 1.807) is 38.5 Å². The highest BCUT2D eigenvalue weighted by atomic mass is 32.2. The van der Waals surface area contributed by atoms with Gasteiger partial charge in [0.15, 0.2) is 0 Å². The topological polar surface area (TPSA) is 79.4 Å². The number of nitrogens with zero attached hydrogens (tertiary/aromatic N) is 3. The van der Waals surface area contributed by atoms with Gasteiger partial charge in [0, 0.05) is 39.1 Å². The normalized spacial score (nSPS) is 14.2. The summed E-state index contributed by atoms with van der Waals surface area (Å²) in [5, 5.41) is 0. The van der Waals surface area contributed by atoms with E-state index >= 15 is 0 Å². The number of methoxy groups -OCH3 is 2. The Hall–Kier alpha value is -2.94. The highest BCUT2D eigenvalue weighted by Gasteiger charge is 2.23. The molecule has 1 fully saturated rings. The predicted octanol–water partition coefficient (Wildman–Crippen LogP) is 2.60. The molecule has 0 aliphatic carbocycles. The molecule has 32 heavy (non-hydrogen) atoms. The van der Waals surface area contributed by atoms with Gasteiger partial charge in [0.25, 0.3) is 0 Å². The number of carbonyl (C=O) groups is 1. The van der Waals surface area contributed by atoms with Crippen LogP contribution in [0.15, 0.2) is 48.5 Å². The van der Waals surface area contributed by atoms with E-state index in [0.717, 1.165) is 24.5 Å². The van der Waals surface area contributed by atoms with E-state index in [1.165, 1.54) is 10.6 Å². The molecule has 8 nitrogen and oxygen atoms in total. The van der Waals surface area contributed by atoms with Crippen molar-refractivity contribution < 1.29 is 22.7 Å². The lowest BCUT2D eigenvalue weighted by Gasteiger charge is -2.36. The Labute approximate surface area is 190 Å². The first-order chi connectivity index (χ1) is 15.3. The Balaban J connectivity index is 1.52. The molecule has 2 aromatic carbocycles. The van der Waals surface area contributed by atoms with Crippen LogP contribution < -0.4 is 18.7 Å². The zero-order valence-electron chi connectivity index (χ0n) is 18.9. The van der Waals surface area contributed by atoms with E-state index in [2.05, 4.69) is 4.90 Å². The molecule has 0 N–H and O–H groups in total. The SMILES string of the molecule is COc1ccc(N(CCCC(=O)N2CCN(c3ccccc3OC)CC2)S(C)(=O)=O)cc1. The zero-order chi connectivity index (χ0) is 23.1. The summed E-state index contributed by atoms with van der Waals surface area (Å²) in [5.74, 6) is 1.53. The largest absolute Gasteiger partial charge is 0.497 e. The molecule has 1 heterocycles. The summed E-state index contributed by atoms with van der Waals surface area (Å²) in [6.07, 6.45) is 1.93. The minimum Gasteiger partial charge on any atom is -0.497 e. The number of carbonyl (C=O) groups excluding carboxylic acids is 1. The Morgan fingerprint density at radius 1 is 0.969 bits per heavy atom. The second-order valence-electron chi connectivity index (χ2n) is 7.68. The first-order valence-corrected chi connectivity index (χ1v) is 12.5. The number of ether oxygens (including phenoxy) is 2. The van der Waals surface area contributed by atoms with Crippen molar-refractivity contribution in [3.8, 4) is 11.5 Å². The third kappa shape index (κ3) is 5.85. The lowest BCUT2D eigenvalue weighted by molar-refractivity contribution is -0.131. The Bertz CT molecular complexity index is 1000. The fourth-order valence-electron chi connectivity index (χ4n) is 3.85. The number of anilines is 2. The summed E-state index contributed by atoms with van der Waals surface area (Å²) in [6, 6.07) is 14.7. The van der Waals surface area contributed by atoms with Gasteiger partial charge in [-0.05, 0) is 42.8 Å². The minimum absolute atomic E-state index is 0.0489. The molecule has 0 unspecified atom stereocenters. The molecule has 1 aliphatic rings. The molecule has 0 atom stereocenters. The average Bonchev–Trinajstić information content (AvgIpc) is 2.81. The highest BCUT2D eigenvalue weighted by Crippen LogP contribution is 2.28. The smallest absolute Gasteiger partial charge is 0.232 e. The second kappa shape index (κ2) is 10.6. The number of rotatable bonds is 9. The quantitative estimate of drug-likeness (QED) is 0.571. The summed E-state index contributed by atoms with van der Waals surface area (Å²) in [7, 11) is -0.238. The summed E-state index contributed by atoms with van der Waals surface area (Å²) < 4.78 is 36.5. The van der Waals surface area contributed by atoms with Gasteiger partial charge in [-0.2, -0.15) is 0 Å². The molecular formula is C23H31N3O5S. The molecule has 0 saturated carbocycles. The van der Waals surface area contributed by atoms with Crippen molar-refractivity contribution in [2.75, 3.05) is 62.4 Å². The molecular weight excluding hydrogens is 430 g/mol. The van der Waals surface area contributed by atoms with Crippen LogP contribution in [0.3, 0.4) is 0 Å². The van der Waals surface area contributed by atoms with E-state index in [9.17, 15) is 13.2 Å². The van der Waals surface area contributed by atoms with Crippen LogP contribution in [0, 0.1) is 0 Å². The van der Waals surface area contributed by atoms with Crippen molar-refractivity contribution in [1.82, 2.24) is 4.90 Å². The number of hydrogen-bond acceptors (Lipinski definition) is 6. The number of hydrogen-bond donors (Lipinski definition) is 0. The van der Waals surface area contributed by atoms with E-state index in [1.807, 2.05) is 29.2 Å². The van der Waals surface area contributed by atoms with E-state index < -0.39 is 10.0 Å². The number of para-hydroxylation sites is 2. The average molecular weight is 462 g/mol. The molecule has 174 valence electrons. The van der Waals surface area contributed by atoms with Crippen LogP contribution in [0.4, 0.5) is 11.4 Å². The second-order valence-corrected chi connectivity index (χ2v) is 9.58. The molecule has 0 aromatic heterocycles. The van der Waals surface area contributed by atoms with Gasteiger partial charge in [-0.3, -0.25) is 9.10 Å². The maximum absolute atomic E-state index is 12.7. The fraction of sp³-hybridized carbons (Fsp3) is 0.435. The third-order valence-electron chi connectivity index (χ3n) is 5.57. The lowest BCUT2D eigenvalue weighted by Crippen LogP contribution is -2.49. The molecule has 0 spiro atoms. The van der Waals surface area contributed by atoms with Crippen LogP contribution in [-0.2, 0) is 14.8 Å². The van der Waals surface area contributed by atoms with Crippen molar-refractivity contribution in [2.45, 2.75) is 12.8 Å². The standard InChI is InChI=1S/C23H31N3O5S/c1-30-20-12-10-19(11-13-20)26(32(3,28)29)14-6-9-23(27)25-17-15-24(16-18-25)21-7-4-5-8-22(21)31-2/h4-5,7-8,10-13H,6,9,14-18H2,1-3H3. The molecule has 1 amide bonds. The fourth-order valence-corrected chi connectivity index (χ4v) is 4.82. The van der Waals surface area contributed by atoms with Crippen molar-refractivity contribution in [3.63, 3.8) is 0 Å². The van der Waals surface area contributed by atoms with Crippen molar-refractivity contribution in [3.05, 3.63) is 48.5 Å². The van der Waals surface area contributed by atoms with Gasteiger partial charge in [0.1, 0.15) is 11.5 Å². The van der Waals surface area contributed by atoms with Crippen LogP contribution in [0.2, 0.25) is 0 Å².